The number of ether oxygens (including phenoxy) is 3. The second kappa shape index (κ2) is 8.73. The predicted octanol–water partition coefficient (Wildman–Crippen LogP) is 4.56. The summed E-state index contributed by atoms with van der Waals surface area (Å²) in [7, 11) is 0.737. The lowest BCUT2D eigenvalue weighted by atomic mass is 9.84. The molecular formula is C21H27NO5S. The monoisotopic (exact) mass is 405 g/mol. The van der Waals surface area contributed by atoms with Crippen molar-refractivity contribution in [3.05, 3.63) is 42.0 Å². The number of rotatable bonds is 7. The first-order valence-corrected chi connectivity index (χ1v) is 10.9. The van der Waals surface area contributed by atoms with E-state index < -0.39 is 10.0 Å². The Labute approximate surface area is 166 Å². The van der Waals surface area contributed by atoms with E-state index in [1.165, 1.54) is 59.0 Å². The zero-order chi connectivity index (χ0) is 20.1. The highest BCUT2D eigenvalue weighted by Crippen LogP contribution is 2.40. The van der Waals surface area contributed by atoms with Crippen LogP contribution in [0.2, 0.25) is 0 Å². The van der Waals surface area contributed by atoms with E-state index in [0.29, 0.717) is 28.9 Å². The highest BCUT2D eigenvalue weighted by atomic mass is 32.2. The molecule has 152 valence electrons. The minimum absolute atomic E-state index is 0.223. The molecule has 2 aromatic carbocycles. The van der Waals surface area contributed by atoms with Gasteiger partial charge in [0.2, 0.25) is 5.75 Å². The van der Waals surface area contributed by atoms with Gasteiger partial charge in [-0.25, -0.2) is 8.42 Å². The quantitative estimate of drug-likeness (QED) is 0.731. The first-order valence-electron chi connectivity index (χ1n) is 9.41. The second-order valence-electron chi connectivity index (χ2n) is 6.92. The fraction of sp³-hybridized carbons (Fsp3) is 0.429. The van der Waals surface area contributed by atoms with Gasteiger partial charge < -0.3 is 14.2 Å². The smallest absolute Gasteiger partial charge is 0.261 e. The summed E-state index contributed by atoms with van der Waals surface area (Å²) >= 11 is 0. The normalized spacial score (nSPS) is 15.1. The zero-order valence-corrected chi connectivity index (χ0v) is 17.3. The predicted molar refractivity (Wildman–Crippen MR) is 109 cm³/mol. The van der Waals surface area contributed by atoms with Gasteiger partial charge in [-0.1, -0.05) is 31.4 Å². The maximum Gasteiger partial charge on any atom is 0.261 e. The zero-order valence-electron chi connectivity index (χ0n) is 16.5. The highest BCUT2D eigenvalue weighted by Gasteiger charge is 2.20. The number of sulfonamides is 1. The fourth-order valence-corrected chi connectivity index (χ4v) is 4.75. The van der Waals surface area contributed by atoms with E-state index in [0.717, 1.165) is 0 Å². The van der Waals surface area contributed by atoms with E-state index in [-0.39, 0.29) is 4.90 Å². The SMILES string of the molecule is COc1cc(NS(=O)(=O)c2ccc(C3CCCCC3)cc2)cc(OC)c1OC. The Morgan fingerprint density at radius 3 is 1.93 bits per heavy atom. The summed E-state index contributed by atoms with van der Waals surface area (Å²) in [6, 6.07) is 10.3. The van der Waals surface area contributed by atoms with Crippen molar-refractivity contribution in [3.8, 4) is 17.2 Å². The van der Waals surface area contributed by atoms with Crippen LogP contribution in [0.25, 0.3) is 0 Å². The summed E-state index contributed by atoms with van der Waals surface area (Å²) < 4.78 is 44.1. The third-order valence-corrected chi connectivity index (χ3v) is 6.58. The topological polar surface area (TPSA) is 73.9 Å². The Kier molecular flexibility index (Phi) is 6.34. The Balaban J connectivity index is 1.83. The van der Waals surface area contributed by atoms with E-state index in [4.69, 9.17) is 14.2 Å². The van der Waals surface area contributed by atoms with Gasteiger partial charge in [-0.15, -0.1) is 0 Å². The van der Waals surface area contributed by atoms with Crippen LogP contribution in [0.15, 0.2) is 41.3 Å². The molecule has 7 heteroatoms. The molecule has 0 heterocycles. The lowest BCUT2D eigenvalue weighted by Gasteiger charge is -2.22. The summed E-state index contributed by atoms with van der Waals surface area (Å²) in [4.78, 5) is 0.223. The summed E-state index contributed by atoms with van der Waals surface area (Å²) in [6.07, 6.45) is 6.13. The third-order valence-electron chi connectivity index (χ3n) is 5.18. The van der Waals surface area contributed by atoms with Gasteiger partial charge >= 0.3 is 0 Å². The van der Waals surface area contributed by atoms with Crippen LogP contribution in [0.1, 0.15) is 43.6 Å². The molecule has 0 aliphatic heterocycles. The summed E-state index contributed by atoms with van der Waals surface area (Å²) in [5.41, 5.74) is 1.55. The molecule has 0 radical (unpaired) electrons. The van der Waals surface area contributed by atoms with Gasteiger partial charge in [-0.3, -0.25) is 4.72 Å². The fourth-order valence-electron chi connectivity index (χ4n) is 3.71. The molecule has 1 N–H and O–H groups in total. The molecule has 0 amide bonds. The largest absolute Gasteiger partial charge is 0.493 e. The van der Waals surface area contributed by atoms with E-state index in [2.05, 4.69) is 4.72 Å². The van der Waals surface area contributed by atoms with E-state index in [1.54, 1.807) is 24.3 Å². The molecule has 2 aromatic rings. The molecule has 0 bridgehead atoms. The van der Waals surface area contributed by atoms with Crippen LogP contribution < -0.4 is 18.9 Å². The van der Waals surface area contributed by atoms with Gasteiger partial charge in [-0.2, -0.15) is 0 Å². The van der Waals surface area contributed by atoms with Gasteiger partial charge in [0, 0.05) is 12.1 Å². The molecule has 1 aliphatic carbocycles. The maximum absolute atomic E-state index is 12.8. The summed E-state index contributed by atoms with van der Waals surface area (Å²) in [6.45, 7) is 0. The van der Waals surface area contributed by atoms with Crippen LogP contribution in [-0.2, 0) is 10.0 Å². The van der Waals surface area contributed by atoms with Crippen LogP contribution in [0.5, 0.6) is 17.2 Å². The molecular weight excluding hydrogens is 378 g/mol. The van der Waals surface area contributed by atoms with Crippen LogP contribution in [0, 0.1) is 0 Å². The van der Waals surface area contributed by atoms with Crippen molar-refractivity contribution in [3.63, 3.8) is 0 Å². The molecule has 0 aromatic heterocycles. The molecule has 0 spiro atoms. The van der Waals surface area contributed by atoms with Crippen LogP contribution in [0.4, 0.5) is 5.69 Å². The summed E-state index contributed by atoms with van der Waals surface area (Å²) in [5.74, 6) is 1.71. The number of hydrogen-bond donors (Lipinski definition) is 1. The third kappa shape index (κ3) is 4.35. The highest BCUT2D eigenvalue weighted by molar-refractivity contribution is 7.92. The molecule has 28 heavy (non-hydrogen) atoms. The van der Waals surface area contributed by atoms with Crippen molar-refractivity contribution >= 4 is 15.7 Å². The number of nitrogens with one attached hydrogen (secondary N) is 1. The van der Waals surface area contributed by atoms with Gasteiger partial charge in [-0.05, 0) is 36.5 Å². The molecule has 3 rings (SSSR count). The van der Waals surface area contributed by atoms with Crippen molar-refractivity contribution in [2.45, 2.75) is 42.9 Å². The van der Waals surface area contributed by atoms with Crippen molar-refractivity contribution in [2.75, 3.05) is 26.1 Å². The Morgan fingerprint density at radius 1 is 0.857 bits per heavy atom. The van der Waals surface area contributed by atoms with Gasteiger partial charge in [0.1, 0.15) is 0 Å². The van der Waals surface area contributed by atoms with Crippen LogP contribution in [0.3, 0.4) is 0 Å². The maximum atomic E-state index is 12.8. The first-order chi connectivity index (χ1) is 13.5. The standard InChI is InChI=1S/C21H27NO5S/c1-25-19-13-17(14-20(26-2)21(19)27-3)22-28(23,24)18-11-9-16(10-12-18)15-7-5-4-6-8-15/h9-15,22H,4-8H2,1-3H3. The first kappa shape index (κ1) is 20.3. The van der Waals surface area contributed by atoms with E-state index in [9.17, 15) is 8.42 Å². The lowest BCUT2D eigenvalue weighted by Crippen LogP contribution is -2.13. The van der Waals surface area contributed by atoms with Crippen LogP contribution >= 0.6 is 0 Å². The van der Waals surface area contributed by atoms with E-state index in [1.807, 2.05) is 12.1 Å². The molecule has 1 aliphatic rings. The molecule has 0 atom stereocenters. The lowest BCUT2D eigenvalue weighted by molar-refractivity contribution is 0.325. The van der Waals surface area contributed by atoms with Gasteiger partial charge in [0.15, 0.2) is 11.5 Å². The summed E-state index contributed by atoms with van der Waals surface area (Å²) in [5, 5.41) is 0. The molecule has 1 saturated carbocycles. The average molecular weight is 406 g/mol. The molecule has 6 nitrogen and oxygen atoms in total. The van der Waals surface area contributed by atoms with Crippen molar-refractivity contribution in [2.24, 2.45) is 0 Å². The second-order valence-corrected chi connectivity index (χ2v) is 8.61. The van der Waals surface area contributed by atoms with Gasteiger partial charge in [0.25, 0.3) is 10.0 Å². The van der Waals surface area contributed by atoms with Crippen molar-refractivity contribution < 1.29 is 22.6 Å². The molecule has 0 unspecified atom stereocenters. The minimum Gasteiger partial charge on any atom is -0.493 e. The average Bonchev–Trinajstić information content (AvgIpc) is 2.73. The minimum atomic E-state index is -3.73. The molecule has 1 fully saturated rings. The van der Waals surface area contributed by atoms with Crippen LogP contribution in [-0.4, -0.2) is 29.7 Å². The Bertz CT molecular complexity index is 878. The van der Waals surface area contributed by atoms with E-state index >= 15 is 0 Å². The van der Waals surface area contributed by atoms with Crippen molar-refractivity contribution in [1.29, 1.82) is 0 Å². The number of anilines is 1. The Hall–Kier alpha value is -2.41. The molecule has 0 saturated heterocycles. The Morgan fingerprint density at radius 2 is 1.43 bits per heavy atom. The number of methoxy groups -OCH3 is 3. The number of benzene rings is 2. The van der Waals surface area contributed by atoms with Gasteiger partial charge in [0.05, 0.1) is 31.9 Å². The van der Waals surface area contributed by atoms with Crippen molar-refractivity contribution in [1.82, 2.24) is 0 Å². The number of hydrogen-bond acceptors (Lipinski definition) is 5.